The van der Waals surface area contributed by atoms with Crippen LogP contribution in [0.4, 0.5) is 0 Å². The quantitative estimate of drug-likeness (QED) is 0.666. The van der Waals surface area contributed by atoms with Crippen LogP contribution < -0.4 is 4.74 Å². The molecule has 1 aliphatic carbocycles. The van der Waals surface area contributed by atoms with Gasteiger partial charge in [0.1, 0.15) is 5.75 Å². The van der Waals surface area contributed by atoms with Crippen molar-refractivity contribution >= 4 is 29.3 Å². The lowest BCUT2D eigenvalue weighted by molar-refractivity contribution is -0.128. The van der Waals surface area contributed by atoms with E-state index in [9.17, 15) is 4.79 Å². The number of carbonyl (C=O) groups excluding carboxylic acids is 1. The van der Waals surface area contributed by atoms with Gasteiger partial charge >= 0.3 is 0 Å². The summed E-state index contributed by atoms with van der Waals surface area (Å²) in [6.45, 7) is 2.92. The minimum atomic E-state index is 0.113. The van der Waals surface area contributed by atoms with Crippen LogP contribution in [-0.4, -0.2) is 39.3 Å². The molecule has 3 rings (SSSR count). The molecule has 0 spiro atoms. The van der Waals surface area contributed by atoms with Crippen LogP contribution in [0.15, 0.2) is 33.9 Å². The Morgan fingerprint density at radius 3 is 2.79 bits per heavy atom. The fraction of sp³-hybridized carbons (Fsp3) is 0.438. The number of hydrogen-bond acceptors (Lipinski definition) is 6. The summed E-state index contributed by atoms with van der Waals surface area (Å²) in [7, 11) is 0. The summed E-state index contributed by atoms with van der Waals surface area (Å²) in [6, 6.07) is 7.46. The Balaban J connectivity index is 1.46. The molecule has 24 heavy (non-hydrogen) atoms. The summed E-state index contributed by atoms with van der Waals surface area (Å²) in [5.41, 5.74) is 0. The zero-order valence-electron chi connectivity index (χ0n) is 13.3. The Hall–Kier alpha value is -1.73. The van der Waals surface area contributed by atoms with Crippen LogP contribution in [0.3, 0.4) is 0 Å². The largest absolute Gasteiger partial charge is 0.484 e. The van der Waals surface area contributed by atoms with Gasteiger partial charge in [-0.3, -0.25) is 4.79 Å². The number of carbonyl (C=O) groups is 1. The van der Waals surface area contributed by atoms with Crippen molar-refractivity contribution in [1.82, 2.24) is 15.1 Å². The topological polar surface area (TPSA) is 68.5 Å². The highest BCUT2D eigenvalue weighted by Crippen LogP contribution is 2.28. The molecule has 128 valence electrons. The number of thioether (sulfide) groups is 1. The Morgan fingerprint density at radius 1 is 1.38 bits per heavy atom. The standard InChI is InChI=1S/C16H18ClN3O3S/c1-2-20(12-5-6-12)15(21)10-24-16-19-18-14(23-16)9-22-13-7-3-11(17)4-8-13/h3-4,7-8,12H,2,5-6,9-10H2,1H3. The lowest BCUT2D eigenvalue weighted by Gasteiger charge is -2.19. The van der Waals surface area contributed by atoms with Gasteiger partial charge in [0.25, 0.3) is 11.1 Å². The molecule has 1 fully saturated rings. The maximum atomic E-state index is 12.2. The molecule has 0 radical (unpaired) electrons. The molecule has 6 nitrogen and oxygen atoms in total. The summed E-state index contributed by atoms with van der Waals surface area (Å²) in [4.78, 5) is 14.1. The van der Waals surface area contributed by atoms with Crippen molar-refractivity contribution in [3.05, 3.63) is 35.2 Å². The first-order valence-electron chi connectivity index (χ1n) is 7.78. The maximum absolute atomic E-state index is 12.2. The fourth-order valence-corrected chi connectivity index (χ4v) is 3.05. The minimum absolute atomic E-state index is 0.113. The zero-order valence-corrected chi connectivity index (χ0v) is 14.8. The number of benzene rings is 1. The van der Waals surface area contributed by atoms with Gasteiger partial charge in [-0.2, -0.15) is 0 Å². The van der Waals surface area contributed by atoms with Crippen molar-refractivity contribution in [2.75, 3.05) is 12.3 Å². The van der Waals surface area contributed by atoms with Gasteiger partial charge in [0.15, 0.2) is 6.61 Å². The van der Waals surface area contributed by atoms with Crippen LogP contribution in [0.2, 0.25) is 5.02 Å². The molecule has 1 aromatic heterocycles. The smallest absolute Gasteiger partial charge is 0.277 e. The van der Waals surface area contributed by atoms with E-state index in [2.05, 4.69) is 10.2 Å². The van der Waals surface area contributed by atoms with Crippen molar-refractivity contribution in [2.24, 2.45) is 0 Å². The number of halogens is 1. The van der Waals surface area contributed by atoms with Gasteiger partial charge in [0.2, 0.25) is 5.91 Å². The molecule has 1 saturated carbocycles. The Kier molecular flexibility index (Phi) is 5.63. The minimum Gasteiger partial charge on any atom is -0.484 e. The number of aromatic nitrogens is 2. The first-order valence-corrected chi connectivity index (χ1v) is 9.15. The second kappa shape index (κ2) is 7.90. The van der Waals surface area contributed by atoms with Crippen LogP contribution >= 0.6 is 23.4 Å². The van der Waals surface area contributed by atoms with Gasteiger partial charge < -0.3 is 14.1 Å². The molecule has 0 saturated heterocycles. The number of amides is 1. The lowest BCUT2D eigenvalue weighted by Crippen LogP contribution is -2.34. The fourth-order valence-electron chi connectivity index (χ4n) is 2.26. The van der Waals surface area contributed by atoms with Crippen LogP contribution in [0, 0.1) is 0 Å². The van der Waals surface area contributed by atoms with Gasteiger partial charge in [-0.15, -0.1) is 10.2 Å². The number of ether oxygens (including phenoxy) is 1. The van der Waals surface area contributed by atoms with Crippen molar-refractivity contribution in [3.8, 4) is 5.75 Å². The van der Waals surface area contributed by atoms with E-state index in [1.54, 1.807) is 24.3 Å². The summed E-state index contributed by atoms with van der Waals surface area (Å²) in [5, 5.41) is 8.89. The number of nitrogens with zero attached hydrogens (tertiary/aromatic N) is 3. The van der Waals surface area contributed by atoms with Crippen LogP contribution in [0.1, 0.15) is 25.7 Å². The molecule has 0 N–H and O–H groups in total. The highest BCUT2D eigenvalue weighted by Gasteiger charge is 2.31. The van der Waals surface area contributed by atoms with Crippen molar-refractivity contribution in [1.29, 1.82) is 0 Å². The van der Waals surface area contributed by atoms with Gasteiger partial charge in [0, 0.05) is 17.6 Å². The zero-order chi connectivity index (χ0) is 16.9. The molecule has 1 heterocycles. The molecule has 0 unspecified atom stereocenters. The van der Waals surface area contributed by atoms with Gasteiger partial charge in [-0.1, -0.05) is 23.4 Å². The van der Waals surface area contributed by atoms with Gasteiger partial charge in [0.05, 0.1) is 5.75 Å². The molecule has 8 heteroatoms. The van der Waals surface area contributed by atoms with E-state index in [-0.39, 0.29) is 12.5 Å². The van der Waals surface area contributed by atoms with Crippen molar-refractivity contribution in [2.45, 2.75) is 37.6 Å². The molecule has 1 aliphatic rings. The van der Waals surface area contributed by atoms with E-state index in [1.807, 2.05) is 11.8 Å². The van der Waals surface area contributed by atoms with Crippen LogP contribution in [-0.2, 0) is 11.4 Å². The van der Waals surface area contributed by atoms with Crippen LogP contribution in [0.25, 0.3) is 0 Å². The molecule has 1 amide bonds. The third-order valence-electron chi connectivity index (χ3n) is 3.59. The predicted octanol–water partition coefficient (Wildman–Crippen LogP) is 3.41. The highest BCUT2D eigenvalue weighted by atomic mass is 35.5. The number of rotatable bonds is 8. The molecule has 0 atom stereocenters. The summed E-state index contributed by atoms with van der Waals surface area (Å²) >= 11 is 7.08. The summed E-state index contributed by atoms with van der Waals surface area (Å²) in [6.07, 6.45) is 2.22. The first kappa shape index (κ1) is 17.1. The second-order valence-electron chi connectivity index (χ2n) is 5.40. The van der Waals surface area contributed by atoms with Crippen molar-refractivity contribution in [3.63, 3.8) is 0 Å². The maximum Gasteiger partial charge on any atom is 0.277 e. The van der Waals surface area contributed by atoms with E-state index in [0.29, 0.717) is 33.7 Å². The SMILES string of the molecule is CCN(C(=O)CSc1nnc(COc2ccc(Cl)cc2)o1)C1CC1. The highest BCUT2D eigenvalue weighted by molar-refractivity contribution is 7.99. The Morgan fingerprint density at radius 2 is 2.12 bits per heavy atom. The Labute approximate surface area is 149 Å². The third-order valence-corrected chi connectivity index (χ3v) is 4.65. The average Bonchev–Trinajstić information content (AvgIpc) is 3.31. The first-order chi connectivity index (χ1) is 11.7. The Bertz CT molecular complexity index is 688. The van der Waals surface area contributed by atoms with Crippen molar-refractivity contribution < 1.29 is 13.9 Å². The van der Waals surface area contributed by atoms with Crippen LogP contribution in [0.5, 0.6) is 5.75 Å². The van der Waals surface area contributed by atoms with E-state index in [0.717, 1.165) is 19.4 Å². The summed E-state index contributed by atoms with van der Waals surface area (Å²) in [5.74, 6) is 1.46. The molecular weight excluding hydrogens is 350 g/mol. The molecule has 2 aromatic rings. The monoisotopic (exact) mass is 367 g/mol. The van der Waals surface area contributed by atoms with E-state index in [4.69, 9.17) is 20.8 Å². The lowest BCUT2D eigenvalue weighted by atomic mass is 10.3. The normalized spacial score (nSPS) is 13.8. The molecular formula is C16H18ClN3O3S. The van der Waals surface area contributed by atoms with E-state index in [1.165, 1.54) is 11.8 Å². The molecule has 0 bridgehead atoms. The molecule has 0 aliphatic heterocycles. The average molecular weight is 368 g/mol. The third kappa shape index (κ3) is 4.64. The van der Waals surface area contributed by atoms with Gasteiger partial charge in [-0.25, -0.2) is 0 Å². The molecule has 1 aromatic carbocycles. The summed E-state index contributed by atoms with van der Waals surface area (Å²) < 4.78 is 11.0. The number of hydrogen-bond donors (Lipinski definition) is 0. The van der Waals surface area contributed by atoms with Gasteiger partial charge in [-0.05, 0) is 44.0 Å². The van der Waals surface area contributed by atoms with E-state index >= 15 is 0 Å². The predicted molar refractivity (Wildman–Crippen MR) is 91.2 cm³/mol. The van der Waals surface area contributed by atoms with E-state index < -0.39 is 0 Å². The second-order valence-corrected chi connectivity index (χ2v) is 6.77.